The number of hydrogen-bond acceptors (Lipinski definition) is 7. The third kappa shape index (κ3) is 3.72. The minimum absolute atomic E-state index is 0.0468. The van der Waals surface area contributed by atoms with E-state index in [2.05, 4.69) is 45.1 Å². The number of rotatable bonds is 4. The fraction of sp³-hybridized carbons (Fsp3) is 0.500. The first-order valence-electron chi connectivity index (χ1n) is 11.6. The molecule has 3 aliphatic heterocycles. The van der Waals surface area contributed by atoms with Crippen LogP contribution in [0.4, 0.5) is 11.8 Å². The van der Waals surface area contributed by atoms with Crippen LogP contribution in [0.2, 0.25) is 0 Å². The number of H-pyrrole nitrogens is 1. The second-order valence-corrected chi connectivity index (χ2v) is 8.79. The minimum Gasteiger partial charge on any atom is -0.378 e. The molecule has 8 heteroatoms. The van der Waals surface area contributed by atoms with Gasteiger partial charge in [-0.05, 0) is 31.9 Å². The standard InChI is InChI=1S/C24H29N5O3/c1-16-31-23(32-16)17-6-9-29(10-7-17)24-26-21(15-22(27-24)28-11-13-30-14-12-28)18-3-2-4-20-19(18)5-8-25-20/h2-5,8,15-17,23,25H,6-7,9-14H2,1H3. The highest BCUT2D eigenvalue weighted by Gasteiger charge is 2.37. The second kappa shape index (κ2) is 8.35. The van der Waals surface area contributed by atoms with Crippen molar-refractivity contribution in [3.63, 3.8) is 0 Å². The van der Waals surface area contributed by atoms with Gasteiger partial charge in [-0.15, -0.1) is 0 Å². The van der Waals surface area contributed by atoms with E-state index in [0.717, 1.165) is 80.8 Å². The third-order valence-electron chi connectivity index (χ3n) is 6.77. The molecule has 5 heterocycles. The number of nitrogens with zero attached hydrogens (tertiary/aromatic N) is 4. The lowest BCUT2D eigenvalue weighted by Crippen LogP contribution is -2.48. The van der Waals surface area contributed by atoms with Crippen molar-refractivity contribution in [2.24, 2.45) is 5.92 Å². The Morgan fingerprint density at radius 2 is 1.78 bits per heavy atom. The van der Waals surface area contributed by atoms with Crippen LogP contribution < -0.4 is 9.80 Å². The van der Waals surface area contributed by atoms with E-state index in [-0.39, 0.29) is 12.6 Å². The Kier molecular flexibility index (Phi) is 5.21. The van der Waals surface area contributed by atoms with Gasteiger partial charge in [0, 0.05) is 60.8 Å². The van der Waals surface area contributed by atoms with Gasteiger partial charge in [-0.2, -0.15) is 4.98 Å². The molecule has 0 bridgehead atoms. The van der Waals surface area contributed by atoms with Crippen LogP contribution in [0.5, 0.6) is 0 Å². The number of benzene rings is 1. The zero-order chi connectivity index (χ0) is 21.5. The molecule has 1 aromatic carbocycles. The number of nitrogens with one attached hydrogen (secondary N) is 1. The van der Waals surface area contributed by atoms with E-state index >= 15 is 0 Å². The Hall–Kier alpha value is -2.68. The molecule has 8 nitrogen and oxygen atoms in total. The molecule has 0 unspecified atom stereocenters. The average molecular weight is 436 g/mol. The van der Waals surface area contributed by atoms with Gasteiger partial charge in [0.05, 0.1) is 18.9 Å². The molecule has 2 aromatic heterocycles. The van der Waals surface area contributed by atoms with Crippen LogP contribution in [-0.2, 0) is 14.2 Å². The monoisotopic (exact) mass is 435 g/mol. The summed E-state index contributed by atoms with van der Waals surface area (Å²) in [5.41, 5.74) is 3.21. The lowest BCUT2D eigenvalue weighted by atomic mass is 9.95. The van der Waals surface area contributed by atoms with Gasteiger partial charge in [0.15, 0.2) is 12.6 Å². The molecule has 3 aliphatic rings. The smallest absolute Gasteiger partial charge is 0.227 e. The molecule has 6 rings (SSSR count). The van der Waals surface area contributed by atoms with Gasteiger partial charge in [0.1, 0.15) is 5.82 Å². The number of hydrogen-bond donors (Lipinski definition) is 1. The van der Waals surface area contributed by atoms with Gasteiger partial charge < -0.3 is 29.0 Å². The Balaban J connectivity index is 1.32. The van der Waals surface area contributed by atoms with E-state index < -0.39 is 0 Å². The number of ether oxygens (including phenoxy) is 3. The lowest BCUT2D eigenvalue weighted by Gasteiger charge is -2.42. The summed E-state index contributed by atoms with van der Waals surface area (Å²) in [6, 6.07) is 10.6. The minimum atomic E-state index is -0.0646. The number of aromatic amines is 1. The van der Waals surface area contributed by atoms with Gasteiger partial charge in [0.25, 0.3) is 0 Å². The maximum atomic E-state index is 5.73. The Bertz CT molecular complexity index is 1080. The third-order valence-corrected chi connectivity index (χ3v) is 6.77. The van der Waals surface area contributed by atoms with Crippen LogP contribution >= 0.6 is 0 Å². The van der Waals surface area contributed by atoms with Crippen molar-refractivity contribution in [3.05, 3.63) is 36.5 Å². The molecule has 3 aromatic rings. The first-order chi connectivity index (χ1) is 15.7. The molecule has 0 aliphatic carbocycles. The Labute approximate surface area is 187 Å². The molecule has 3 saturated heterocycles. The van der Waals surface area contributed by atoms with Crippen LogP contribution in [0.25, 0.3) is 22.2 Å². The van der Waals surface area contributed by atoms with Gasteiger partial charge in [-0.1, -0.05) is 12.1 Å². The van der Waals surface area contributed by atoms with E-state index in [9.17, 15) is 0 Å². The highest BCUT2D eigenvalue weighted by atomic mass is 16.9. The van der Waals surface area contributed by atoms with E-state index in [1.165, 1.54) is 5.39 Å². The quantitative estimate of drug-likeness (QED) is 0.673. The predicted octanol–water partition coefficient (Wildman–Crippen LogP) is 3.40. The molecular weight excluding hydrogens is 406 g/mol. The molecule has 3 fully saturated rings. The Morgan fingerprint density at radius 1 is 0.969 bits per heavy atom. The van der Waals surface area contributed by atoms with Crippen LogP contribution in [0.3, 0.4) is 0 Å². The normalized spacial score (nSPS) is 24.7. The Morgan fingerprint density at radius 3 is 2.56 bits per heavy atom. The summed E-state index contributed by atoms with van der Waals surface area (Å²) >= 11 is 0. The first-order valence-corrected chi connectivity index (χ1v) is 11.6. The summed E-state index contributed by atoms with van der Waals surface area (Å²) in [4.78, 5) is 18.0. The van der Waals surface area contributed by atoms with Crippen molar-refractivity contribution in [2.45, 2.75) is 32.3 Å². The summed E-state index contributed by atoms with van der Waals surface area (Å²) in [5.74, 6) is 2.22. The van der Waals surface area contributed by atoms with E-state index in [4.69, 9.17) is 24.2 Å². The largest absolute Gasteiger partial charge is 0.378 e. The summed E-state index contributed by atoms with van der Waals surface area (Å²) in [6.45, 7) is 6.91. The summed E-state index contributed by atoms with van der Waals surface area (Å²) in [7, 11) is 0. The highest BCUT2D eigenvalue weighted by molar-refractivity contribution is 5.94. The molecule has 0 radical (unpaired) electrons. The van der Waals surface area contributed by atoms with E-state index in [0.29, 0.717) is 5.92 Å². The highest BCUT2D eigenvalue weighted by Crippen LogP contribution is 2.34. The number of morpholine rings is 1. The summed E-state index contributed by atoms with van der Waals surface area (Å²) < 4.78 is 17.0. The summed E-state index contributed by atoms with van der Waals surface area (Å²) in [6.07, 6.45) is 3.91. The van der Waals surface area contributed by atoms with Crippen molar-refractivity contribution in [2.75, 3.05) is 49.2 Å². The van der Waals surface area contributed by atoms with E-state index in [1.54, 1.807) is 0 Å². The van der Waals surface area contributed by atoms with Crippen molar-refractivity contribution in [1.29, 1.82) is 0 Å². The number of anilines is 2. The molecule has 0 saturated carbocycles. The molecule has 0 spiro atoms. The SMILES string of the molecule is CC1OC(C2CCN(c3nc(-c4cccc5[nH]ccc45)cc(N4CCOCC4)n3)CC2)O1. The number of piperidine rings is 1. The average Bonchev–Trinajstić information content (AvgIpc) is 3.32. The molecule has 32 heavy (non-hydrogen) atoms. The van der Waals surface area contributed by atoms with Gasteiger partial charge >= 0.3 is 0 Å². The number of aromatic nitrogens is 3. The molecule has 0 amide bonds. The van der Waals surface area contributed by atoms with Crippen molar-refractivity contribution in [3.8, 4) is 11.3 Å². The molecule has 0 atom stereocenters. The van der Waals surface area contributed by atoms with Crippen LogP contribution in [0, 0.1) is 5.92 Å². The van der Waals surface area contributed by atoms with Crippen molar-refractivity contribution in [1.82, 2.24) is 15.0 Å². The maximum Gasteiger partial charge on any atom is 0.227 e. The van der Waals surface area contributed by atoms with E-state index in [1.807, 2.05) is 13.1 Å². The second-order valence-electron chi connectivity index (χ2n) is 8.79. The number of fused-ring (bicyclic) bond motifs is 1. The van der Waals surface area contributed by atoms with Gasteiger partial charge in [-0.25, -0.2) is 4.98 Å². The lowest BCUT2D eigenvalue weighted by molar-refractivity contribution is -0.393. The topological polar surface area (TPSA) is 75.7 Å². The van der Waals surface area contributed by atoms with Gasteiger partial charge in [-0.3, -0.25) is 0 Å². The van der Waals surface area contributed by atoms with Crippen molar-refractivity contribution < 1.29 is 14.2 Å². The molecule has 1 N–H and O–H groups in total. The predicted molar refractivity (Wildman–Crippen MR) is 123 cm³/mol. The maximum absolute atomic E-state index is 5.73. The van der Waals surface area contributed by atoms with Crippen LogP contribution in [0.15, 0.2) is 36.5 Å². The zero-order valence-electron chi connectivity index (χ0n) is 18.4. The fourth-order valence-electron chi connectivity index (χ4n) is 4.95. The zero-order valence-corrected chi connectivity index (χ0v) is 18.4. The molecule has 168 valence electrons. The fourth-order valence-corrected chi connectivity index (χ4v) is 4.95. The first kappa shape index (κ1) is 20.0. The summed E-state index contributed by atoms with van der Waals surface area (Å²) in [5, 5.41) is 1.18. The van der Waals surface area contributed by atoms with Crippen molar-refractivity contribution >= 4 is 22.7 Å². The van der Waals surface area contributed by atoms with Crippen LogP contribution in [-0.4, -0.2) is 66.9 Å². The van der Waals surface area contributed by atoms with Gasteiger partial charge in [0.2, 0.25) is 5.95 Å². The van der Waals surface area contributed by atoms with Crippen LogP contribution in [0.1, 0.15) is 19.8 Å². The molecular formula is C24H29N5O3.